The Morgan fingerprint density at radius 3 is 2.78 bits per heavy atom. The Bertz CT molecular complexity index is 61.0. The van der Waals surface area contributed by atoms with Crippen molar-refractivity contribution < 1.29 is 5.11 Å². The average molecular weight is 149 g/mol. The largest absolute Gasteiger partial charge is 0.382 e. The molecule has 3 heteroatoms. The molecule has 0 rings (SSSR count). The molecule has 0 aliphatic rings. The Labute approximate surface area is 60.8 Å². The predicted octanol–water partition coefficient (Wildman–Crippen LogP) is 0.797. The van der Waals surface area contributed by atoms with E-state index in [1.165, 1.54) is 11.8 Å². The second kappa shape index (κ2) is 6.39. The molecular weight excluding hydrogens is 134 g/mol. The van der Waals surface area contributed by atoms with E-state index in [-0.39, 0.29) is 5.44 Å². The third kappa shape index (κ3) is 6.15. The van der Waals surface area contributed by atoms with Gasteiger partial charge in [-0.05, 0) is 6.42 Å². The van der Waals surface area contributed by atoms with E-state index in [0.717, 1.165) is 18.6 Å². The summed E-state index contributed by atoms with van der Waals surface area (Å²) < 4.78 is 0. The quantitative estimate of drug-likeness (QED) is 0.568. The van der Waals surface area contributed by atoms with Crippen molar-refractivity contribution >= 4 is 11.8 Å². The number of nitrogens with two attached hydrogens (primary N) is 1. The minimum Gasteiger partial charge on any atom is -0.382 e. The summed E-state index contributed by atoms with van der Waals surface area (Å²) in [5, 5.41) is 9.09. The van der Waals surface area contributed by atoms with Crippen LogP contribution in [0.2, 0.25) is 0 Å². The maximum atomic E-state index is 9.09. The van der Waals surface area contributed by atoms with Gasteiger partial charge in [-0.15, -0.1) is 11.8 Å². The van der Waals surface area contributed by atoms with E-state index in [9.17, 15) is 0 Å². The summed E-state index contributed by atoms with van der Waals surface area (Å²) in [7, 11) is 0. The highest BCUT2D eigenvalue weighted by molar-refractivity contribution is 7.99. The first-order valence-electron chi connectivity index (χ1n) is 3.31. The zero-order valence-corrected chi connectivity index (χ0v) is 6.66. The van der Waals surface area contributed by atoms with Gasteiger partial charge in [-0.3, -0.25) is 0 Å². The molecule has 9 heavy (non-hydrogen) atoms. The lowest BCUT2D eigenvalue weighted by Gasteiger charge is -2.06. The maximum absolute atomic E-state index is 9.09. The smallest absolute Gasteiger partial charge is 0.0993 e. The monoisotopic (exact) mass is 149 g/mol. The zero-order chi connectivity index (χ0) is 7.11. The van der Waals surface area contributed by atoms with Crippen molar-refractivity contribution in [1.29, 1.82) is 0 Å². The highest BCUT2D eigenvalue weighted by Crippen LogP contribution is 2.11. The van der Waals surface area contributed by atoms with Crippen molar-refractivity contribution in [3.05, 3.63) is 0 Å². The molecule has 0 spiro atoms. The van der Waals surface area contributed by atoms with Crippen LogP contribution >= 0.6 is 11.8 Å². The number of thioether (sulfide) groups is 1. The molecule has 0 bridgehead atoms. The summed E-state index contributed by atoms with van der Waals surface area (Å²) in [6.07, 6.45) is 1.92. The van der Waals surface area contributed by atoms with Crippen molar-refractivity contribution in [2.75, 3.05) is 12.3 Å². The number of aliphatic hydroxyl groups is 1. The summed E-state index contributed by atoms with van der Waals surface area (Å²) in [4.78, 5) is 0. The van der Waals surface area contributed by atoms with Crippen LogP contribution in [-0.4, -0.2) is 22.8 Å². The highest BCUT2D eigenvalue weighted by Gasteiger charge is 1.99. The van der Waals surface area contributed by atoms with Gasteiger partial charge in [-0.25, -0.2) is 0 Å². The molecule has 0 saturated carbocycles. The van der Waals surface area contributed by atoms with E-state index in [0.29, 0.717) is 6.54 Å². The molecule has 3 N–H and O–H groups in total. The first kappa shape index (κ1) is 9.27. The first-order chi connectivity index (χ1) is 4.31. The molecule has 0 aliphatic carbocycles. The van der Waals surface area contributed by atoms with Crippen molar-refractivity contribution in [1.82, 2.24) is 0 Å². The molecule has 0 radical (unpaired) electrons. The van der Waals surface area contributed by atoms with Gasteiger partial charge in [-0.1, -0.05) is 13.3 Å². The average Bonchev–Trinajstić information content (AvgIpc) is 1.85. The standard InChI is InChI=1S/C6H15NOS/c1-2-3-6(8)9-5-4-7/h6,8H,2-5,7H2,1H3. The summed E-state index contributed by atoms with van der Waals surface area (Å²) in [5.41, 5.74) is 5.05. The molecule has 0 aromatic carbocycles. The second-order valence-electron chi connectivity index (χ2n) is 1.90. The lowest BCUT2D eigenvalue weighted by Crippen LogP contribution is -2.07. The fraction of sp³-hybridized carbons (Fsp3) is 1.00. The second-order valence-corrected chi connectivity index (χ2v) is 3.19. The van der Waals surface area contributed by atoms with Gasteiger partial charge >= 0.3 is 0 Å². The lowest BCUT2D eigenvalue weighted by atomic mass is 10.4. The highest BCUT2D eigenvalue weighted by atomic mass is 32.2. The van der Waals surface area contributed by atoms with E-state index >= 15 is 0 Å². The van der Waals surface area contributed by atoms with Crippen LogP contribution in [0.5, 0.6) is 0 Å². The van der Waals surface area contributed by atoms with Crippen LogP contribution in [0, 0.1) is 0 Å². The third-order valence-electron chi connectivity index (χ3n) is 0.964. The van der Waals surface area contributed by atoms with Gasteiger partial charge in [0.25, 0.3) is 0 Å². The minimum absolute atomic E-state index is 0.196. The molecule has 1 unspecified atom stereocenters. The van der Waals surface area contributed by atoms with Gasteiger partial charge in [0.1, 0.15) is 0 Å². The molecule has 0 amide bonds. The number of aliphatic hydroxyl groups excluding tert-OH is 1. The summed E-state index contributed by atoms with van der Waals surface area (Å²) >= 11 is 1.53. The number of rotatable bonds is 5. The van der Waals surface area contributed by atoms with Crippen LogP contribution in [0.3, 0.4) is 0 Å². The Hall–Kier alpha value is 0.270. The summed E-state index contributed by atoms with van der Waals surface area (Å²) in [5.74, 6) is 0.862. The van der Waals surface area contributed by atoms with Gasteiger partial charge < -0.3 is 10.8 Å². The summed E-state index contributed by atoms with van der Waals surface area (Å²) in [6, 6.07) is 0. The lowest BCUT2D eigenvalue weighted by molar-refractivity contribution is 0.251. The number of hydrogen-bond acceptors (Lipinski definition) is 3. The Balaban J connectivity index is 2.95. The number of hydrogen-bond donors (Lipinski definition) is 2. The van der Waals surface area contributed by atoms with Crippen LogP contribution < -0.4 is 5.73 Å². The molecule has 56 valence electrons. The molecular formula is C6H15NOS. The van der Waals surface area contributed by atoms with Crippen molar-refractivity contribution in [3.63, 3.8) is 0 Å². The van der Waals surface area contributed by atoms with E-state index in [1.54, 1.807) is 0 Å². The Morgan fingerprint density at radius 1 is 1.67 bits per heavy atom. The molecule has 0 fully saturated rings. The molecule has 0 aliphatic heterocycles. The molecule has 0 saturated heterocycles. The normalized spacial score (nSPS) is 13.7. The minimum atomic E-state index is -0.196. The van der Waals surface area contributed by atoms with Crippen LogP contribution in [0.1, 0.15) is 19.8 Å². The predicted molar refractivity (Wildman–Crippen MR) is 42.4 cm³/mol. The topological polar surface area (TPSA) is 46.2 Å². The van der Waals surface area contributed by atoms with E-state index < -0.39 is 0 Å². The Kier molecular flexibility index (Phi) is 6.58. The van der Waals surface area contributed by atoms with E-state index in [1.807, 2.05) is 0 Å². The van der Waals surface area contributed by atoms with E-state index in [4.69, 9.17) is 10.8 Å². The maximum Gasteiger partial charge on any atom is 0.0993 e. The van der Waals surface area contributed by atoms with Gasteiger partial charge in [0.2, 0.25) is 0 Å². The molecule has 0 aromatic rings. The van der Waals surface area contributed by atoms with Crippen LogP contribution in [0.25, 0.3) is 0 Å². The fourth-order valence-corrected chi connectivity index (χ4v) is 1.34. The SMILES string of the molecule is CCCC(O)SCCN. The molecule has 0 aromatic heterocycles. The Morgan fingerprint density at radius 2 is 2.33 bits per heavy atom. The van der Waals surface area contributed by atoms with Crippen molar-refractivity contribution in [2.45, 2.75) is 25.2 Å². The fourth-order valence-electron chi connectivity index (χ4n) is 0.534. The van der Waals surface area contributed by atoms with Gasteiger partial charge in [0, 0.05) is 12.3 Å². The molecule has 0 heterocycles. The van der Waals surface area contributed by atoms with Crippen LogP contribution in [0.15, 0.2) is 0 Å². The molecule has 2 nitrogen and oxygen atoms in total. The van der Waals surface area contributed by atoms with Gasteiger partial charge in [-0.2, -0.15) is 0 Å². The summed E-state index contributed by atoms with van der Waals surface area (Å²) in [6.45, 7) is 2.72. The first-order valence-corrected chi connectivity index (χ1v) is 4.35. The van der Waals surface area contributed by atoms with Crippen LogP contribution in [0.4, 0.5) is 0 Å². The van der Waals surface area contributed by atoms with Gasteiger partial charge in [0.15, 0.2) is 0 Å². The van der Waals surface area contributed by atoms with Gasteiger partial charge in [0.05, 0.1) is 5.44 Å². The molecule has 1 atom stereocenters. The third-order valence-corrected chi connectivity index (χ3v) is 2.06. The van der Waals surface area contributed by atoms with Crippen molar-refractivity contribution in [2.24, 2.45) is 5.73 Å². The van der Waals surface area contributed by atoms with Crippen LogP contribution in [-0.2, 0) is 0 Å². The van der Waals surface area contributed by atoms with Crippen molar-refractivity contribution in [3.8, 4) is 0 Å². The van der Waals surface area contributed by atoms with E-state index in [2.05, 4.69) is 6.92 Å². The zero-order valence-electron chi connectivity index (χ0n) is 5.84.